The van der Waals surface area contributed by atoms with E-state index in [0.29, 0.717) is 13.0 Å². The van der Waals surface area contributed by atoms with Gasteiger partial charge in [-0.15, -0.1) is 0 Å². The van der Waals surface area contributed by atoms with Crippen molar-refractivity contribution in [2.24, 2.45) is 0 Å². The highest BCUT2D eigenvalue weighted by Crippen LogP contribution is 2.15. The minimum absolute atomic E-state index is 0.0118. The van der Waals surface area contributed by atoms with E-state index in [0.717, 1.165) is 27.8 Å². The van der Waals surface area contributed by atoms with E-state index in [1.807, 2.05) is 54.7 Å². The van der Waals surface area contributed by atoms with E-state index in [4.69, 9.17) is 4.74 Å². The molecule has 0 atom stereocenters. The normalized spacial score (nSPS) is 10.6. The van der Waals surface area contributed by atoms with E-state index in [2.05, 4.69) is 10.3 Å². The monoisotopic (exact) mass is 294 g/mol. The van der Waals surface area contributed by atoms with Crippen molar-refractivity contribution < 1.29 is 9.53 Å². The summed E-state index contributed by atoms with van der Waals surface area (Å²) in [5, 5.41) is 4.06. The maximum Gasteiger partial charge on any atom is 0.224 e. The van der Waals surface area contributed by atoms with Gasteiger partial charge in [0.25, 0.3) is 0 Å². The van der Waals surface area contributed by atoms with Crippen LogP contribution < -0.4 is 10.1 Å². The van der Waals surface area contributed by atoms with E-state index in [-0.39, 0.29) is 5.91 Å². The Bertz CT molecular complexity index is 792. The average Bonchev–Trinajstić information content (AvgIpc) is 3.01. The number of fused-ring (bicyclic) bond motifs is 1. The van der Waals surface area contributed by atoms with E-state index in [1.165, 1.54) is 0 Å². The Kier molecular flexibility index (Phi) is 4.10. The fourth-order valence-electron chi connectivity index (χ4n) is 2.44. The van der Waals surface area contributed by atoms with Gasteiger partial charge in [0.2, 0.25) is 5.91 Å². The third-order valence-electron chi connectivity index (χ3n) is 3.61. The number of aromatic amines is 1. The smallest absolute Gasteiger partial charge is 0.224 e. The van der Waals surface area contributed by atoms with Crippen LogP contribution >= 0.6 is 0 Å². The number of nitrogens with one attached hydrogen (secondary N) is 2. The third kappa shape index (κ3) is 3.28. The van der Waals surface area contributed by atoms with Gasteiger partial charge in [-0.25, -0.2) is 0 Å². The van der Waals surface area contributed by atoms with Crippen LogP contribution in [0.3, 0.4) is 0 Å². The largest absolute Gasteiger partial charge is 0.497 e. The number of rotatable bonds is 5. The molecule has 0 spiro atoms. The first-order valence-corrected chi connectivity index (χ1v) is 7.20. The fraction of sp³-hybridized carbons (Fsp3) is 0.167. The summed E-state index contributed by atoms with van der Waals surface area (Å²) in [6.07, 6.45) is 2.28. The van der Waals surface area contributed by atoms with Crippen molar-refractivity contribution in [2.75, 3.05) is 7.11 Å². The lowest BCUT2D eigenvalue weighted by Crippen LogP contribution is -2.24. The molecule has 0 unspecified atom stereocenters. The van der Waals surface area contributed by atoms with Gasteiger partial charge < -0.3 is 15.0 Å². The first-order valence-electron chi connectivity index (χ1n) is 7.20. The number of H-pyrrole nitrogens is 1. The first-order chi connectivity index (χ1) is 10.7. The second-order valence-corrected chi connectivity index (χ2v) is 5.20. The topological polar surface area (TPSA) is 54.1 Å². The highest BCUT2D eigenvalue weighted by molar-refractivity contribution is 5.83. The van der Waals surface area contributed by atoms with Crippen molar-refractivity contribution >= 4 is 16.8 Å². The highest BCUT2D eigenvalue weighted by atomic mass is 16.5. The van der Waals surface area contributed by atoms with E-state index >= 15 is 0 Å². The second kappa shape index (κ2) is 6.35. The molecule has 0 bridgehead atoms. The van der Waals surface area contributed by atoms with Crippen LogP contribution in [0, 0.1) is 0 Å². The van der Waals surface area contributed by atoms with Gasteiger partial charge in [-0.3, -0.25) is 4.79 Å². The lowest BCUT2D eigenvalue weighted by atomic mass is 10.1. The molecule has 2 aromatic carbocycles. The summed E-state index contributed by atoms with van der Waals surface area (Å²) in [7, 11) is 1.63. The number of ether oxygens (including phenoxy) is 1. The van der Waals surface area contributed by atoms with Crippen LogP contribution in [0.25, 0.3) is 10.9 Å². The number of benzene rings is 2. The molecule has 2 N–H and O–H groups in total. The molecule has 0 aliphatic carbocycles. The molecule has 1 amide bonds. The molecule has 0 saturated carbocycles. The van der Waals surface area contributed by atoms with Crippen LogP contribution in [0.4, 0.5) is 0 Å². The maximum absolute atomic E-state index is 12.1. The fourth-order valence-corrected chi connectivity index (χ4v) is 2.44. The summed E-state index contributed by atoms with van der Waals surface area (Å²) in [5.41, 5.74) is 3.12. The Balaban J connectivity index is 1.59. The first kappa shape index (κ1) is 14.2. The average molecular weight is 294 g/mol. The Labute approximate surface area is 129 Å². The predicted octanol–water partition coefficient (Wildman–Crippen LogP) is 3.04. The number of methoxy groups -OCH3 is 1. The molecule has 1 heterocycles. The molecule has 3 aromatic rings. The molecule has 4 heteroatoms. The molecule has 0 radical (unpaired) electrons. The van der Waals surface area contributed by atoms with Gasteiger partial charge in [0.15, 0.2) is 0 Å². The lowest BCUT2D eigenvalue weighted by molar-refractivity contribution is -0.120. The Hall–Kier alpha value is -2.75. The summed E-state index contributed by atoms with van der Waals surface area (Å²) in [4.78, 5) is 15.2. The van der Waals surface area contributed by atoms with Gasteiger partial charge in [0.1, 0.15) is 5.75 Å². The van der Waals surface area contributed by atoms with Crippen LogP contribution in [0.15, 0.2) is 54.7 Å². The van der Waals surface area contributed by atoms with Crippen molar-refractivity contribution in [1.82, 2.24) is 10.3 Å². The zero-order valence-corrected chi connectivity index (χ0v) is 12.4. The molecule has 0 aliphatic heterocycles. The highest BCUT2D eigenvalue weighted by Gasteiger charge is 2.05. The van der Waals surface area contributed by atoms with Gasteiger partial charge in [-0.2, -0.15) is 0 Å². The number of carbonyl (C=O) groups is 1. The summed E-state index contributed by atoms with van der Waals surface area (Å²) in [6, 6.07) is 15.7. The maximum atomic E-state index is 12.1. The van der Waals surface area contributed by atoms with E-state index in [9.17, 15) is 4.79 Å². The second-order valence-electron chi connectivity index (χ2n) is 5.20. The lowest BCUT2D eigenvalue weighted by Gasteiger charge is -2.07. The van der Waals surface area contributed by atoms with Crippen LogP contribution in [0.2, 0.25) is 0 Å². The summed E-state index contributed by atoms with van der Waals surface area (Å²) in [6.45, 7) is 0.502. The van der Waals surface area contributed by atoms with Crippen LogP contribution in [0.5, 0.6) is 5.75 Å². The molecule has 112 valence electrons. The van der Waals surface area contributed by atoms with Crippen LogP contribution in [-0.2, 0) is 17.8 Å². The van der Waals surface area contributed by atoms with Crippen molar-refractivity contribution in [3.8, 4) is 5.75 Å². The zero-order chi connectivity index (χ0) is 15.4. The minimum Gasteiger partial charge on any atom is -0.497 e. The standard InChI is InChI=1S/C18H18N2O2/c1-22-16-4-2-3-14(10-16)12-20-18(21)11-13-5-6-17-15(9-13)7-8-19-17/h2-10,19H,11-12H2,1H3,(H,20,21). The zero-order valence-electron chi connectivity index (χ0n) is 12.4. The number of hydrogen-bond donors (Lipinski definition) is 2. The van der Waals surface area contributed by atoms with Crippen LogP contribution in [0.1, 0.15) is 11.1 Å². The van der Waals surface area contributed by atoms with Gasteiger partial charge in [0, 0.05) is 18.3 Å². The van der Waals surface area contributed by atoms with Crippen molar-refractivity contribution in [2.45, 2.75) is 13.0 Å². The molecule has 0 saturated heterocycles. The minimum atomic E-state index is 0.0118. The number of aromatic nitrogens is 1. The van der Waals surface area contributed by atoms with Crippen molar-refractivity contribution in [3.63, 3.8) is 0 Å². The SMILES string of the molecule is COc1cccc(CNC(=O)Cc2ccc3[nH]ccc3c2)c1. The molecule has 3 rings (SSSR count). The number of carbonyl (C=O) groups excluding carboxylic acids is 1. The van der Waals surface area contributed by atoms with E-state index in [1.54, 1.807) is 7.11 Å². The van der Waals surface area contributed by atoms with Crippen molar-refractivity contribution in [3.05, 3.63) is 65.9 Å². The Morgan fingerprint density at radius 2 is 2.05 bits per heavy atom. The molecule has 22 heavy (non-hydrogen) atoms. The quantitative estimate of drug-likeness (QED) is 0.760. The van der Waals surface area contributed by atoms with E-state index < -0.39 is 0 Å². The van der Waals surface area contributed by atoms with Crippen molar-refractivity contribution in [1.29, 1.82) is 0 Å². The van der Waals surface area contributed by atoms with Gasteiger partial charge >= 0.3 is 0 Å². The summed E-state index contributed by atoms with van der Waals surface area (Å²) in [5.74, 6) is 0.808. The molecular formula is C18H18N2O2. The van der Waals surface area contributed by atoms with Gasteiger partial charge in [-0.05, 0) is 46.8 Å². The van der Waals surface area contributed by atoms with Gasteiger partial charge in [0.05, 0.1) is 13.5 Å². The molecule has 1 aromatic heterocycles. The Morgan fingerprint density at radius 1 is 1.14 bits per heavy atom. The molecule has 0 aliphatic rings. The number of amides is 1. The Morgan fingerprint density at radius 3 is 2.91 bits per heavy atom. The van der Waals surface area contributed by atoms with Crippen LogP contribution in [-0.4, -0.2) is 18.0 Å². The predicted molar refractivity (Wildman–Crippen MR) is 86.8 cm³/mol. The number of hydrogen-bond acceptors (Lipinski definition) is 2. The van der Waals surface area contributed by atoms with Gasteiger partial charge in [-0.1, -0.05) is 18.2 Å². The third-order valence-corrected chi connectivity index (χ3v) is 3.61. The summed E-state index contributed by atoms with van der Waals surface area (Å²) >= 11 is 0. The molecular weight excluding hydrogens is 276 g/mol. The molecule has 4 nitrogen and oxygen atoms in total. The summed E-state index contributed by atoms with van der Waals surface area (Å²) < 4.78 is 5.17. The molecule has 0 fully saturated rings.